The lowest BCUT2D eigenvalue weighted by atomic mass is 9.88. The maximum atomic E-state index is 6.16. The zero-order chi connectivity index (χ0) is 13.8. The Morgan fingerprint density at radius 2 is 1.80 bits per heavy atom. The highest BCUT2D eigenvalue weighted by atomic mass is 16.5. The SMILES string of the molecule is CCC#CC1CC(c2ccccc2)Oc2ccccc21. The highest BCUT2D eigenvalue weighted by molar-refractivity contribution is 5.43. The van der Waals surface area contributed by atoms with Crippen molar-refractivity contribution >= 4 is 0 Å². The fourth-order valence-electron chi connectivity index (χ4n) is 2.65. The molecule has 0 aromatic heterocycles. The van der Waals surface area contributed by atoms with Gasteiger partial charge >= 0.3 is 0 Å². The fraction of sp³-hybridized carbons (Fsp3) is 0.263. The van der Waals surface area contributed by atoms with Gasteiger partial charge in [-0.2, -0.15) is 0 Å². The highest BCUT2D eigenvalue weighted by Gasteiger charge is 2.27. The number of rotatable bonds is 1. The minimum absolute atomic E-state index is 0.0993. The first kappa shape index (κ1) is 12.8. The zero-order valence-electron chi connectivity index (χ0n) is 11.7. The predicted octanol–water partition coefficient (Wildman–Crippen LogP) is 4.71. The lowest BCUT2D eigenvalue weighted by Gasteiger charge is -2.30. The first-order valence-electron chi connectivity index (χ1n) is 7.17. The van der Waals surface area contributed by atoms with Crippen LogP contribution in [0.1, 0.15) is 42.9 Å². The van der Waals surface area contributed by atoms with Gasteiger partial charge < -0.3 is 4.74 Å². The number of hydrogen-bond acceptors (Lipinski definition) is 1. The number of benzene rings is 2. The lowest BCUT2D eigenvalue weighted by molar-refractivity contribution is 0.170. The first-order valence-corrected chi connectivity index (χ1v) is 7.17. The Kier molecular flexibility index (Phi) is 3.74. The Hall–Kier alpha value is -2.20. The predicted molar refractivity (Wildman–Crippen MR) is 81.7 cm³/mol. The van der Waals surface area contributed by atoms with E-state index in [1.165, 1.54) is 11.1 Å². The van der Waals surface area contributed by atoms with Gasteiger partial charge in [-0.15, -0.1) is 5.92 Å². The monoisotopic (exact) mass is 262 g/mol. The molecule has 3 rings (SSSR count). The van der Waals surface area contributed by atoms with E-state index < -0.39 is 0 Å². The summed E-state index contributed by atoms with van der Waals surface area (Å²) in [5.74, 6) is 7.87. The van der Waals surface area contributed by atoms with E-state index in [0.717, 1.165) is 18.6 Å². The second-order valence-electron chi connectivity index (χ2n) is 5.02. The molecule has 0 saturated heterocycles. The Bertz CT molecular complexity index is 634. The van der Waals surface area contributed by atoms with Gasteiger partial charge in [0.2, 0.25) is 0 Å². The van der Waals surface area contributed by atoms with Crippen molar-refractivity contribution in [2.45, 2.75) is 31.8 Å². The molecule has 1 heterocycles. The summed E-state index contributed by atoms with van der Waals surface area (Å²) in [6.45, 7) is 2.09. The van der Waals surface area contributed by atoms with Crippen LogP contribution in [0.25, 0.3) is 0 Å². The van der Waals surface area contributed by atoms with E-state index in [1.54, 1.807) is 0 Å². The fourth-order valence-corrected chi connectivity index (χ4v) is 2.65. The minimum atomic E-state index is 0.0993. The van der Waals surface area contributed by atoms with Crippen LogP contribution in [-0.2, 0) is 0 Å². The standard InChI is InChI=1S/C19H18O/c1-2-3-9-16-14-19(15-10-5-4-6-11-15)20-18-13-8-7-12-17(16)18/h4-8,10-13,16,19H,2,14H2,1H3. The van der Waals surface area contributed by atoms with E-state index in [-0.39, 0.29) is 12.0 Å². The van der Waals surface area contributed by atoms with Crippen LogP contribution in [0.3, 0.4) is 0 Å². The van der Waals surface area contributed by atoms with E-state index in [4.69, 9.17) is 4.74 Å². The second kappa shape index (κ2) is 5.84. The largest absolute Gasteiger partial charge is 0.485 e. The quantitative estimate of drug-likeness (QED) is 0.676. The average Bonchev–Trinajstić information content (AvgIpc) is 2.53. The molecule has 0 saturated carbocycles. The summed E-state index contributed by atoms with van der Waals surface area (Å²) in [7, 11) is 0. The third-order valence-electron chi connectivity index (χ3n) is 3.64. The van der Waals surface area contributed by atoms with Gasteiger partial charge in [0.15, 0.2) is 0 Å². The van der Waals surface area contributed by atoms with E-state index >= 15 is 0 Å². The van der Waals surface area contributed by atoms with Gasteiger partial charge in [-0.3, -0.25) is 0 Å². The van der Waals surface area contributed by atoms with Gasteiger partial charge in [-0.1, -0.05) is 61.4 Å². The van der Waals surface area contributed by atoms with Crippen molar-refractivity contribution in [3.05, 3.63) is 65.7 Å². The lowest BCUT2D eigenvalue weighted by Crippen LogP contribution is -2.18. The van der Waals surface area contributed by atoms with Crippen LogP contribution in [0.4, 0.5) is 0 Å². The van der Waals surface area contributed by atoms with E-state index in [9.17, 15) is 0 Å². The highest BCUT2D eigenvalue weighted by Crippen LogP contribution is 2.41. The second-order valence-corrected chi connectivity index (χ2v) is 5.02. The number of para-hydroxylation sites is 1. The van der Waals surface area contributed by atoms with Crippen molar-refractivity contribution in [1.82, 2.24) is 0 Å². The molecule has 0 N–H and O–H groups in total. The maximum Gasteiger partial charge on any atom is 0.125 e. The summed E-state index contributed by atoms with van der Waals surface area (Å²) in [6.07, 6.45) is 1.92. The smallest absolute Gasteiger partial charge is 0.125 e. The summed E-state index contributed by atoms with van der Waals surface area (Å²) < 4.78 is 6.16. The molecule has 2 atom stereocenters. The Morgan fingerprint density at radius 1 is 1.05 bits per heavy atom. The number of ether oxygens (including phenoxy) is 1. The molecule has 0 aliphatic carbocycles. The summed E-state index contributed by atoms with van der Waals surface area (Å²) in [5, 5.41) is 0. The zero-order valence-corrected chi connectivity index (χ0v) is 11.7. The van der Waals surface area contributed by atoms with Crippen LogP contribution in [0, 0.1) is 11.8 Å². The van der Waals surface area contributed by atoms with E-state index in [1.807, 2.05) is 18.2 Å². The molecular weight excluding hydrogens is 244 g/mol. The van der Waals surface area contributed by atoms with Crippen molar-refractivity contribution in [1.29, 1.82) is 0 Å². The normalized spacial score (nSPS) is 20.2. The molecule has 2 unspecified atom stereocenters. The van der Waals surface area contributed by atoms with Crippen LogP contribution < -0.4 is 4.74 Å². The molecule has 2 aromatic rings. The molecule has 0 bridgehead atoms. The molecule has 100 valence electrons. The Balaban J connectivity index is 1.96. The molecule has 1 heteroatoms. The Labute approximate surface area is 120 Å². The Morgan fingerprint density at radius 3 is 2.60 bits per heavy atom. The summed E-state index contributed by atoms with van der Waals surface area (Å²) in [5.41, 5.74) is 2.45. The summed E-state index contributed by atoms with van der Waals surface area (Å²) in [6, 6.07) is 18.7. The van der Waals surface area contributed by atoms with Gasteiger partial charge in [0.1, 0.15) is 11.9 Å². The third-order valence-corrected chi connectivity index (χ3v) is 3.64. The molecule has 1 aliphatic heterocycles. The summed E-state index contributed by atoms with van der Waals surface area (Å²) >= 11 is 0. The van der Waals surface area contributed by atoms with Gasteiger partial charge in [0, 0.05) is 18.4 Å². The van der Waals surface area contributed by atoms with Gasteiger partial charge in [0.25, 0.3) is 0 Å². The van der Waals surface area contributed by atoms with Crippen LogP contribution in [0.5, 0.6) is 5.75 Å². The maximum absolute atomic E-state index is 6.16. The summed E-state index contributed by atoms with van der Waals surface area (Å²) in [4.78, 5) is 0. The van der Waals surface area contributed by atoms with Crippen LogP contribution in [0.2, 0.25) is 0 Å². The van der Waals surface area contributed by atoms with E-state index in [0.29, 0.717) is 0 Å². The van der Waals surface area contributed by atoms with Crippen molar-refractivity contribution in [3.63, 3.8) is 0 Å². The van der Waals surface area contributed by atoms with Crippen LogP contribution in [0.15, 0.2) is 54.6 Å². The molecule has 20 heavy (non-hydrogen) atoms. The van der Waals surface area contributed by atoms with Crippen LogP contribution >= 0.6 is 0 Å². The molecule has 0 radical (unpaired) electrons. The molecular formula is C19H18O. The van der Waals surface area contributed by atoms with Gasteiger partial charge in [0.05, 0.1) is 5.92 Å². The minimum Gasteiger partial charge on any atom is -0.485 e. The third kappa shape index (κ3) is 2.56. The molecule has 0 amide bonds. The van der Waals surface area contributed by atoms with Crippen LogP contribution in [-0.4, -0.2) is 0 Å². The van der Waals surface area contributed by atoms with Crippen molar-refractivity contribution in [2.75, 3.05) is 0 Å². The van der Waals surface area contributed by atoms with Crippen molar-refractivity contribution in [3.8, 4) is 17.6 Å². The topological polar surface area (TPSA) is 9.23 Å². The average molecular weight is 262 g/mol. The van der Waals surface area contributed by atoms with Gasteiger partial charge in [-0.05, 0) is 11.6 Å². The van der Waals surface area contributed by atoms with E-state index in [2.05, 4.69) is 55.2 Å². The molecule has 2 aromatic carbocycles. The number of fused-ring (bicyclic) bond motifs is 1. The molecule has 0 fully saturated rings. The van der Waals surface area contributed by atoms with Gasteiger partial charge in [-0.25, -0.2) is 0 Å². The first-order chi connectivity index (χ1) is 9.88. The molecule has 1 nitrogen and oxygen atoms in total. The van der Waals surface area contributed by atoms with Crippen molar-refractivity contribution < 1.29 is 4.74 Å². The molecule has 0 spiro atoms. The number of hydrogen-bond donors (Lipinski definition) is 0. The van der Waals surface area contributed by atoms with Crippen molar-refractivity contribution in [2.24, 2.45) is 0 Å². The molecule has 1 aliphatic rings.